The summed E-state index contributed by atoms with van der Waals surface area (Å²) >= 11 is 0. The number of ether oxygens (including phenoxy) is 3. The minimum Gasteiger partial charge on any atom is -0.490 e. The molecule has 1 atom stereocenters. The van der Waals surface area contributed by atoms with Gasteiger partial charge in [-0.1, -0.05) is 18.2 Å². The van der Waals surface area contributed by atoms with E-state index in [1.54, 1.807) is 6.92 Å². The van der Waals surface area contributed by atoms with Crippen LogP contribution in [0.25, 0.3) is 0 Å². The minimum absolute atomic E-state index is 0.275. The Balaban J connectivity index is 1.86. The van der Waals surface area contributed by atoms with Crippen molar-refractivity contribution in [3.05, 3.63) is 54.6 Å². The molecule has 0 aromatic heterocycles. The summed E-state index contributed by atoms with van der Waals surface area (Å²) < 4.78 is 16.2. The molecule has 21 heavy (non-hydrogen) atoms. The topological polar surface area (TPSA) is 44.8 Å². The summed E-state index contributed by atoms with van der Waals surface area (Å²) in [5, 5.41) is 0. The zero-order valence-electron chi connectivity index (χ0n) is 12.1. The predicted octanol–water partition coefficient (Wildman–Crippen LogP) is 3.81. The normalized spacial score (nSPS) is 11.5. The van der Waals surface area contributed by atoms with Crippen molar-refractivity contribution in [1.29, 1.82) is 0 Å². The number of carbonyl (C=O) groups excluding carboxylic acids is 1. The molecule has 0 saturated carbocycles. The van der Waals surface area contributed by atoms with Crippen LogP contribution in [0.3, 0.4) is 0 Å². The van der Waals surface area contributed by atoms with Crippen molar-refractivity contribution in [1.82, 2.24) is 0 Å². The van der Waals surface area contributed by atoms with Gasteiger partial charge in [-0.25, -0.2) is 0 Å². The summed E-state index contributed by atoms with van der Waals surface area (Å²) in [6.07, 6.45) is -0.275. The Morgan fingerprint density at radius 2 is 1.52 bits per heavy atom. The maximum absolute atomic E-state index is 10.8. The molecule has 4 nitrogen and oxygen atoms in total. The summed E-state index contributed by atoms with van der Waals surface area (Å²) in [5.41, 5.74) is 0. The van der Waals surface area contributed by atoms with Gasteiger partial charge in [0.05, 0.1) is 0 Å². The summed E-state index contributed by atoms with van der Waals surface area (Å²) in [4.78, 5) is 10.8. The zero-order chi connectivity index (χ0) is 15.1. The molecular weight excluding hydrogens is 268 g/mol. The molecule has 0 bridgehead atoms. The Labute approximate surface area is 124 Å². The molecule has 110 valence electrons. The van der Waals surface area contributed by atoms with Gasteiger partial charge in [-0.05, 0) is 43.3 Å². The lowest BCUT2D eigenvalue weighted by atomic mass is 10.3. The van der Waals surface area contributed by atoms with E-state index in [0.717, 1.165) is 11.5 Å². The van der Waals surface area contributed by atoms with Gasteiger partial charge in [-0.2, -0.15) is 0 Å². The van der Waals surface area contributed by atoms with E-state index in [1.807, 2.05) is 54.6 Å². The molecule has 0 spiro atoms. The first-order valence-corrected chi connectivity index (χ1v) is 6.76. The molecule has 0 aliphatic rings. The summed E-state index contributed by atoms with van der Waals surface area (Å²) in [5.74, 6) is 1.92. The highest BCUT2D eigenvalue weighted by Crippen LogP contribution is 2.23. The van der Waals surface area contributed by atoms with Crippen molar-refractivity contribution >= 4 is 5.97 Å². The molecule has 0 N–H and O–H groups in total. The molecule has 4 heteroatoms. The van der Waals surface area contributed by atoms with Gasteiger partial charge in [0.15, 0.2) is 0 Å². The number of hydrogen-bond donors (Lipinski definition) is 0. The van der Waals surface area contributed by atoms with E-state index in [-0.39, 0.29) is 12.1 Å². The van der Waals surface area contributed by atoms with Gasteiger partial charge in [0, 0.05) is 6.92 Å². The maximum atomic E-state index is 10.8. The van der Waals surface area contributed by atoms with Gasteiger partial charge in [0.25, 0.3) is 0 Å². The number of carbonyl (C=O) groups is 1. The van der Waals surface area contributed by atoms with E-state index in [2.05, 4.69) is 0 Å². The van der Waals surface area contributed by atoms with Gasteiger partial charge in [0.2, 0.25) is 0 Å². The standard InChI is InChI=1S/C17H18O4/c1-13(20-14(2)18)12-19-15-8-10-17(11-9-15)21-16-6-4-3-5-7-16/h3-11,13H,12H2,1-2H3/t13-/m1/s1. The number of esters is 1. The fraction of sp³-hybridized carbons (Fsp3) is 0.235. The van der Waals surface area contributed by atoms with Gasteiger partial charge in [0.1, 0.15) is 30.0 Å². The Kier molecular flexibility index (Phi) is 5.21. The molecule has 2 rings (SSSR count). The van der Waals surface area contributed by atoms with E-state index >= 15 is 0 Å². The van der Waals surface area contributed by atoms with Crippen LogP contribution in [0.5, 0.6) is 17.2 Å². The molecule has 0 radical (unpaired) electrons. The third kappa shape index (κ3) is 5.18. The lowest BCUT2D eigenvalue weighted by Crippen LogP contribution is -2.20. The molecule has 0 unspecified atom stereocenters. The molecule has 2 aromatic rings. The van der Waals surface area contributed by atoms with Gasteiger partial charge >= 0.3 is 5.97 Å². The molecule has 0 saturated heterocycles. The Morgan fingerprint density at radius 1 is 0.952 bits per heavy atom. The number of benzene rings is 2. The molecule has 0 aliphatic carbocycles. The highest BCUT2D eigenvalue weighted by Gasteiger charge is 2.06. The van der Waals surface area contributed by atoms with Crippen molar-refractivity contribution in [3.63, 3.8) is 0 Å². The average Bonchev–Trinajstić information content (AvgIpc) is 2.47. The molecule has 2 aromatic carbocycles. The van der Waals surface area contributed by atoms with E-state index in [0.29, 0.717) is 12.4 Å². The van der Waals surface area contributed by atoms with Crippen LogP contribution in [0.2, 0.25) is 0 Å². The highest BCUT2D eigenvalue weighted by atomic mass is 16.6. The minimum atomic E-state index is -0.308. The first-order chi connectivity index (χ1) is 10.1. The monoisotopic (exact) mass is 286 g/mol. The van der Waals surface area contributed by atoms with Gasteiger partial charge < -0.3 is 14.2 Å². The van der Waals surface area contributed by atoms with Gasteiger partial charge in [-0.3, -0.25) is 4.79 Å². The van der Waals surface area contributed by atoms with Crippen LogP contribution in [-0.4, -0.2) is 18.7 Å². The largest absolute Gasteiger partial charge is 0.490 e. The number of hydrogen-bond acceptors (Lipinski definition) is 4. The SMILES string of the molecule is CC(=O)O[C@H](C)COc1ccc(Oc2ccccc2)cc1. The Morgan fingerprint density at radius 3 is 2.14 bits per heavy atom. The van der Waals surface area contributed by atoms with E-state index < -0.39 is 0 Å². The molecule has 0 amide bonds. The van der Waals surface area contributed by atoms with E-state index in [9.17, 15) is 4.79 Å². The first kappa shape index (κ1) is 14.9. The van der Waals surface area contributed by atoms with Crippen molar-refractivity contribution in [3.8, 4) is 17.2 Å². The van der Waals surface area contributed by atoms with Crippen LogP contribution in [0.15, 0.2) is 54.6 Å². The van der Waals surface area contributed by atoms with Crippen molar-refractivity contribution in [2.24, 2.45) is 0 Å². The fourth-order valence-electron chi connectivity index (χ4n) is 1.76. The summed E-state index contributed by atoms with van der Waals surface area (Å²) in [6, 6.07) is 16.9. The van der Waals surface area contributed by atoms with Crippen LogP contribution in [0, 0.1) is 0 Å². The molecular formula is C17H18O4. The Hall–Kier alpha value is -2.49. The average molecular weight is 286 g/mol. The zero-order valence-corrected chi connectivity index (χ0v) is 12.1. The van der Waals surface area contributed by atoms with Crippen molar-refractivity contribution in [2.45, 2.75) is 20.0 Å². The van der Waals surface area contributed by atoms with E-state index in [1.165, 1.54) is 6.92 Å². The highest BCUT2D eigenvalue weighted by molar-refractivity contribution is 5.66. The van der Waals surface area contributed by atoms with Gasteiger partial charge in [-0.15, -0.1) is 0 Å². The van der Waals surface area contributed by atoms with E-state index in [4.69, 9.17) is 14.2 Å². The van der Waals surface area contributed by atoms with Crippen LogP contribution in [0.1, 0.15) is 13.8 Å². The lowest BCUT2D eigenvalue weighted by molar-refractivity contribution is -0.146. The third-order valence-corrected chi connectivity index (χ3v) is 2.65. The van der Waals surface area contributed by atoms with Crippen LogP contribution in [-0.2, 0) is 9.53 Å². The second kappa shape index (κ2) is 7.33. The second-order valence-corrected chi connectivity index (χ2v) is 4.62. The lowest BCUT2D eigenvalue weighted by Gasteiger charge is -2.13. The molecule has 0 fully saturated rings. The van der Waals surface area contributed by atoms with Crippen LogP contribution in [0.4, 0.5) is 0 Å². The quantitative estimate of drug-likeness (QED) is 0.757. The summed E-state index contributed by atoms with van der Waals surface area (Å²) in [7, 11) is 0. The predicted molar refractivity (Wildman–Crippen MR) is 79.7 cm³/mol. The van der Waals surface area contributed by atoms with Crippen LogP contribution < -0.4 is 9.47 Å². The van der Waals surface area contributed by atoms with Crippen molar-refractivity contribution < 1.29 is 19.0 Å². The molecule has 0 heterocycles. The number of rotatable bonds is 6. The maximum Gasteiger partial charge on any atom is 0.303 e. The smallest absolute Gasteiger partial charge is 0.303 e. The van der Waals surface area contributed by atoms with Crippen LogP contribution >= 0.6 is 0 Å². The fourth-order valence-corrected chi connectivity index (χ4v) is 1.76. The first-order valence-electron chi connectivity index (χ1n) is 6.76. The van der Waals surface area contributed by atoms with Crippen molar-refractivity contribution in [2.75, 3.05) is 6.61 Å². The second-order valence-electron chi connectivity index (χ2n) is 4.62. The third-order valence-electron chi connectivity index (χ3n) is 2.65. The Bertz CT molecular complexity index is 563. The number of para-hydroxylation sites is 1. The molecule has 0 aliphatic heterocycles. The summed E-state index contributed by atoms with van der Waals surface area (Å²) in [6.45, 7) is 3.49.